The van der Waals surface area contributed by atoms with Crippen LogP contribution in [0.15, 0.2) is 46.9 Å². The minimum absolute atomic E-state index is 0.0214. The normalized spacial score (nSPS) is 10.8. The molecule has 0 unspecified atom stereocenters. The third kappa shape index (κ3) is 3.95. The molecule has 2 N–H and O–H groups in total. The summed E-state index contributed by atoms with van der Waals surface area (Å²) in [7, 11) is 0. The van der Waals surface area contributed by atoms with Crippen LogP contribution in [-0.2, 0) is 0 Å². The largest absolute Gasteiger partial charge is 0.395 e. The van der Waals surface area contributed by atoms with Gasteiger partial charge in [0.25, 0.3) is 5.91 Å². The Hall–Kier alpha value is -2.22. The molecule has 0 saturated carbocycles. The monoisotopic (exact) mass is 434 g/mol. The number of hydrogen-bond donors (Lipinski definition) is 2. The standard InChI is InChI=1S/C18H16BrClN4O2/c1-11-2-7-14(10-15(11)20)24-17(12-3-5-13(19)6-4-12)22-16(23-24)18(26)21-8-9-25/h2-7,10,25H,8-9H2,1H3,(H,21,26). The minimum atomic E-state index is -0.450. The van der Waals surface area contributed by atoms with E-state index in [0.29, 0.717) is 16.5 Å². The van der Waals surface area contributed by atoms with Gasteiger partial charge in [-0.25, -0.2) is 9.67 Å². The molecule has 1 heterocycles. The number of carbonyl (C=O) groups is 1. The van der Waals surface area contributed by atoms with Gasteiger partial charge in [0.15, 0.2) is 5.82 Å². The number of aliphatic hydroxyl groups excluding tert-OH is 1. The summed E-state index contributed by atoms with van der Waals surface area (Å²) < 4.78 is 2.52. The summed E-state index contributed by atoms with van der Waals surface area (Å²) >= 11 is 9.65. The average molecular weight is 436 g/mol. The number of aryl methyl sites for hydroxylation is 1. The number of nitrogens with one attached hydrogen (secondary N) is 1. The topological polar surface area (TPSA) is 80.0 Å². The SMILES string of the molecule is Cc1ccc(-n2nc(C(=O)NCCO)nc2-c2ccc(Br)cc2)cc1Cl. The third-order valence-corrected chi connectivity index (χ3v) is 4.65. The molecule has 3 aromatic rings. The molecule has 3 rings (SSSR count). The van der Waals surface area contributed by atoms with Crippen molar-refractivity contribution in [2.24, 2.45) is 0 Å². The highest BCUT2D eigenvalue weighted by atomic mass is 79.9. The number of rotatable bonds is 5. The number of aromatic nitrogens is 3. The summed E-state index contributed by atoms with van der Waals surface area (Å²) in [5.41, 5.74) is 2.45. The molecule has 0 aliphatic carbocycles. The predicted octanol–water partition coefficient (Wildman–Crippen LogP) is 3.38. The van der Waals surface area contributed by atoms with Crippen LogP contribution in [0.1, 0.15) is 16.2 Å². The van der Waals surface area contributed by atoms with Crippen molar-refractivity contribution in [2.75, 3.05) is 13.2 Å². The highest BCUT2D eigenvalue weighted by Gasteiger charge is 2.19. The lowest BCUT2D eigenvalue weighted by atomic mass is 10.2. The van der Waals surface area contributed by atoms with E-state index >= 15 is 0 Å². The molecular formula is C18H16BrClN4O2. The van der Waals surface area contributed by atoms with Gasteiger partial charge in [-0.05, 0) is 36.8 Å². The van der Waals surface area contributed by atoms with Crippen LogP contribution in [0.5, 0.6) is 0 Å². The summed E-state index contributed by atoms with van der Waals surface area (Å²) in [6.45, 7) is 1.90. The highest BCUT2D eigenvalue weighted by Crippen LogP contribution is 2.25. The lowest BCUT2D eigenvalue weighted by molar-refractivity contribution is 0.0934. The van der Waals surface area contributed by atoms with E-state index in [1.54, 1.807) is 10.7 Å². The predicted molar refractivity (Wildman–Crippen MR) is 104 cm³/mol. The molecule has 6 nitrogen and oxygen atoms in total. The minimum Gasteiger partial charge on any atom is -0.395 e. The van der Waals surface area contributed by atoms with Crippen LogP contribution < -0.4 is 5.32 Å². The second kappa shape index (κ2) is 7.99. The van der Waals surface area contributed by atoms with Crippen molar-refractivity contribution in [1.29, 1.82) is 0 Å². The molecule has 26 heavy (non-hydrogen) atoms. The van der Waals surface area contributed by atoms with Crippen LogP contribution >= 0.6 is 27.5 Å². The van der Waals surface area contributed by atoms with Crippen LogP contribution in [0.25, 0.3) is 17.1 Å². The lowest BCUT2D eigenvalue weighted by Gasteiger charge is -2.07. The second-order valence-corrected chi connectivity index (χ2v) is 6.91. The summed E-state index contributed by atoms with van der Waals surface area (Å²) in [5, 5.41) is 16.4. The number of amides is 1. The van der Waals surface area contributed by atoms with Crippen LogP contribution in [0, 0.1) is 6.92 Å². The van der Waals surface area contributed by atoms with E-state index in [0.717, 1.165) is 15.6 Å². The van der Waals surface area contributed by atoms with Gasteiger partial charge in [0.1, 0.15) is 0 Å². The first-order chi connectivity index (χ1) is 12.5. The molecule has 0 atom stereocenters. The smallest absolute Gasteiger partial charge is 0.291 e. The molecule has 0 fully saturated rings. The van der Waals surface area contributed by atoms with E-state index in [1.807, 2.05) is 43.3 Å². The first-order valence-electron chi connectivity index (χ1n) is 7.88. The first-order valence-corrected chi connectivity index (χ1v) is 9.05. The lowest BCUT2D eigenvalue weighted by Crippen LogP contribution is -2.27. The molecule has 0 radical (unpaired) electrons. The van der Waals surface area contributed by atoms with Crippen molar-refractivity contribution in [1.82, 2.24) is 20.1 Å². The fraction of sp³-hybridized carbons (Fsp3) is 0.167. The number of hydrogen-bond acceptors (Lipinski definition) is 4. The maximum Gasteiger partial charge on any atom is 0.291 e. The van der Waals surface area contributed by atoms with E-state index in [4.69, 9.17) is 16.7 Å². The summed E-state index contributed by atoms with van der Waals surface area (Å²) in [6.07, 6.45) is 0. The number of benzene rings is 2. The van der Waals surface area contributed by atoms with Crippen molar-refractivity contribution in [3.8, 4) is 17.1 Å². The molecule has 134 valence electrons. The number of carbonyl (C=O) groups excluding carboxylic acids is 1. The molecular weight excluding hydrogens is 420 g/mol. The van der Waals surface area contributed by atoms with Gasteiger partial charge in [-0.3, -0.25) is 4.79 Å². The van der Waals surface area contributed by atoms with Gasteiger partial charge in [0.2, 0.25) is 5.82 Å². The zero-order chi connectivity index (χ0) is 18.7. The van der Waals surface area contributed by atoms with E-state index < -0.39 is 5.91 Å². The Balaban J connectivity index is 2.10. The van der Waals surface area contributed by atoms with E-state index in [1.165, 1.54) is 0 Å². The molecule has 0 saturated heterocycles. The van der Waals surface area contributed by atoms with Crippen molar-refractivity contribution in [3.05, 3.63) is 63.3 Å². The van der Waals surface area contributed by atoms with Crippen LogP contribution in [0.3, 0.4) is 0 Å². The number of nitrogens with zero attached hydrogens (tertiary/aromatic N) is 3. The van der Waals surface area contributed by atoms with Gasteiger partial charge in [0, 0.05) is 21.6 Å². The Morgan fingerprint density at radius 1 is 1.27 bits per heavy atom. The van der Waals surface area contributed by atoms with Gasteiger partial charge in [-0.15, -0.1) is 5.10 Å². The molecule has 0 aliphatic rings. The zero-order valence-corrected chi connectivity index (χ0v) is 16.3. The zero-order valence-electron chi connectivity index (χ0n) is 13.9. The van der Waals surface area contributed by atoms with Crippen molar-refractivity contribution < 1.29 is 9.90 Å². The maximum atomic E-state index is 12.2. The molecule has 0 spiro atoms. The van der Waals surface area contributed by atoms with Crippen LogP contribution in [0.4, 0.5) is 0 Å². The second-order valence-electron chi connectivity index (χ2n) is 5.59. The maximum absolute atomic E-state index is 12.2. The molecule has 1 aromatic heterocycles. The van der Waals surface area contributed by atoms with Crippen molar-refractivity contribution in [3.63, 3.8) is 0 Å². The Morgan fingerprint density at radius 3 is 2.65 bits per heavy atom. The number of aliphatic hydroxyl groups is 1. The molecule has 8 heteroatoms. The quantitative estimate of drug-likeness (QED) is 0.644. The Kier molecular flexibility index (Phi) is 5.70. The Morgan fingerprint density at radius 2 is 2.00 bits per heavy atom. The van der Waals surface area contributed by atoms with Crippen LogP contribution in [-0.4, -0.2) is 38.9 Å². The van der Waals surface area contributed by atoms with Crippen molar-refractivity contribution in [2.45, 2.75) is 6.92 Å². The van der Waals surface area contributed by atoms with E-state index in [9.17, 15) is 4.79 Å². The molecule has 1 amide bonds. The Labute approximate surface area is 164 Å². The molecule has 0 aliphatic heterocycles. The average Bonchev–Trinajstić information content (AvgIpc) is 3.08. The first kappa shape index (κ1) is 18.6. The van der Waals surface area contributed by atoms with Gasteiger partial charge in [-0.1, -0.05) is 45.7 Å². The summed E-state index contributed by atoms with van der Waals surface area (Å²) in [6, 6.07) is 13.1. The van der Waals surface area contributed by atoms with Gasteiger partial charge in [-0.2, -0.15) is 0 Å². The van der Waals surface area contributed by atoms with Crippen LogP contribution in [0.2, 0.25) is 5.02 Å². The van der Waals surface area contributed by atoms with E-state index in [2.05, 4.69) is 31.3 Å². The van der Waals surface area contributed by atoms with Gasteiger partial charge >= 0.3 is 0 Å². The van der Waals surface area contributed by atoms with E-state index in [-0.39, 0.29) is 19.0 Å². The third-order valence-electron chi connectivity index (χ3n) is 3.71. The fourth-order valence-corrected chi connectivity index (χ4v) is 2.78. The molecule has 0 bridgehead atoms. The van der Waals surface area contributed by atoms with Crippen molar-refractivity contribution >= 4 is 33.4 Å². The Bertz CT molecular complexity index is 941. The highest BCUT2D eigenvalue weighted by molar-refractivity contribution is 9.10. The summed E-state index contributed by atoms with van der Waals surface area (Å²) in [5.74, 6) is 0.0917. The number of halogens is 2. The molecule has 2 aromatic carbocycles. The van der Waals surface area contributed by atoms with Gasteiger partial charge in [0.05, 0.1) is 12.3 Å². The fourth-order valence-electron chi connectivity index (χ4n) is 2.34. The van der Waals surface area contributed by atoms with Gasteiger partial charge < -0.3 is 10.4 Å². The summed E-state index contributed by atoms with van der Waals surface area (Å²) in [4.78, 5) is 16.6.